The molecule has 2 aromatic rings. The summed E-state index contributed by atoms with van der Waals surface area (Å²) in [4.78, 5) is 2.10. The van der Waals surface area contributed by atoms with Gasteiger partial charge in [-0.1, -0.05) is 18.1 Å². The summed E-state index contributed by atoms with van der Waals surface area (Å²) in [5, 5.41) is 7.39. The molecule has 114 valence electrons. The number of hydrogen-bond acceptors (Lipinski definition) is 5. The normalized spacial score (nSPS) is 10.6. The highest BCUT2D eigenvalue weighted by Crippen LogP contribution is 2.21. The molecule has 21 heavy (non-hydrogen) atoms. The highest BCUT2D eigenvalue weighted by atomic mass is 16.5. The first-order valence-corrected chi connectivity index (χ1v) is 7.23. The second-order valence-electron chi connectivity index (χ2n) is 5.02. The Hall–Kier alpha value is -2.01. The topological polar surface area (TPSA) is 50.5 Å². The molecule has 0 fully saturated rings. The average Bonchev–Trinajstić information content (AvgIpc) is 2.95. The van der Waals surface area contributed by atoms with Gasteiger partial charge in [0.1, 0.15) is 5.75 Å². The van der Waals surface area contributed by atoms with Crippen molar-refractivity contribution >= 4 is 5.69 Å². The molecule has 1 aromatic heterocycles. The summed E-state index contributed by atoms with van der Waals surface area (Å²) in [6.07, 6.45) is 1.11. The molecule has 0 saturated heterocycles. The van der Waals surface area contributed by atoms with E-state index in [1.807, 2.05) is 37.4 Å². The van der Waals surface area contributed by atoms with E-state index in [2.05, 4.69) is 22.3 Å². The summed E-state index contributed by atoms with van der Waals surface area (Å²) in [5.74, 6) is 1.70. The van der Waals surface area contributed by atoms with Crippen molar-refractivity contribution in [1.29, 1.82) is 0 Å². The van der Waals surface area contributed by atoms with Gasteiger partial charge in [-0.15, -0.1) is 0 Å². The van der Waals surface area contributed by atoms with Gasteiger partial charge in [0.05, 0.1) is 19.3 Å². The minimum atomic E-state index is 0.675. The Morgan fingerprint density at radius 3 is 2.95 bits per heavy atom. The lowest BCUT2D eigenvalue weighted by Gasteiger charge is -2.18. The first-order chi connectivity index (χ1) is 10.2. The Bertz CT molecular complexity index is 554. The molecule has 0 amide bonds. The van der Waals surface area contributed by atoms with Gasteiger partial charge in [-0.3, -0.25) is 0 Å². The van der Waals surface area contributed by atoms with Gasteiger partial charge in [0.15, 0.2) is 5.76 Å². The molecular formula is C16H23N3O2. The Balaban J connectivity index is 1.94. The molecular weight excluding hydrogens is 266 g/mol. The van der Waals surface area contributed by atoms with E-state index in [0.717, 1.165) is 42.4 Å². The van der Waals surface area contributed by atoms with Crippen LogP contribution in [0, 0.1) is 0 Å². The number of aromatic nitrogens is 1. The van der Waals surface area contributed by atoms with Gasteiger partial charge in [-0.05, 0) is 25.1 Å². The van der Waals surface area contributed by atoms with Gasteiger partial charge >= 0.3 is 0 Å². The molecule has 0 aliphatic carbocycles. The lowest BCUT2D eigenvalue weighted by Crippen LogP contribution is -2.16. The van der Waals surface area contributed by atoms with Gasteiger partial charge in [0.2, 0.25) is 0 Å². The van der Waals surface area contributed by atoms with E-state index < -0.39 is 0 Å². The average molecular weight is 289 g/mol. The number of methoxy groups -OCH3 is 1. The molecule has 0 aliphatic rings. The van der Waals surface area contributed by atoms with E-state index in [9.17, 15) is 0 Å². The predicted molar refractivity (Wildman–Crippen MR) is 83.6 cm³/mol. The lowest BCUT2D eigenvalue weighted by molar-refractivity contribution is 0.375. The number of benzene rings is 1. The largest absolute Gasteiger partial charge is 0.497 e. The molecule has 5 nitrogen and oxygen atoms in total. The summed E-state index contributed by atoms with van der Waals surface area (Å²) in [6, 6.07) is 9.95. The molecule has 0 bridgehead atoms. The van der Waals surface area contributed by atoms with Crippen molar-refractivity contribution in [3.8, 4) is 5.75 Å². The van der Waals surface area contributed by atoms with E-state index in [1.165, 1.54) is 0 Å². The van der Waals surface area contributed by atoms with E-state index in [0.29, 0.717) is 6.54 Å². The molecule has 2 rings (SSSR count). The molecule has 0 atom stereocenters. The molecule has 0 aliphatic heterocycles. The van der Waals surface area contributed by atoms with E-state index >= 15 is 0 Å². The molecule has 1 aromatic carbocycles. The number of nitrogens with zero attached hydrogens (tertiary/aromatic N) is 2. The van der Waals surface area contributed by atoms with Gasteiger partial charge in [-0.2, -0.15) is 0 Å². The van der Waals surface area contributed by atoms with Crippen molar-refractivity contribution in [2.45, 2.75) is 26.4 Å². The highest BCUT2D eigenvalue weighted by Gasteiger charge is 2.08. The monoisotopic (exact) mass is 289 g/mol. The van der Waals surface area contributed by atoms with Crippen LogP contribution < -0.4 is 15.0 Å². The highest BCUT2D eigenvalue weighted by molar-refractivity contribution is 5.50. The van der Waals surface area contributed by atoms with Crippen LogP contribution in [0.4, 0.5) is 5.69 Å². The number of anilines is 1. The summed E-state index contributed by atoms with van der Waals surface area (Å²) < 4.78 is 10.6. The Morgan fingerprint density at radius 1 is 1.33 bits per heavy atom. The maximum atomic E-state index is 5.38. The Kier molecular flexibility index (Phi) is 5.63. The maximum absolute atomic E-state index is 5.38. The number of hydrogen-bond donors (Lipinski definition) is 1. The third-order valence-electron chi connectivity index (χ3n) is 3.23. The quantitative estimate of drug-likeness (QED) is 0.757. The van der Waals surface area contributed by atoms with Crippen molar-refractivity contribution in [3.05, 3.63) is 41.8 Å². The van der Waals surface area contributed by atoms with Gasteiger partial charge in [-0.25, -0.2) is 0 Å². The molecule has 0 radical (unpaired) electrons. The van der Waals surface area contributed by atoms with Crippen LogP contribution >= 0.6 is 0 Å². The maximum Gasteiger partial charge on any atom is 0.156 e. The summed E-state index contributed by atoms with van der Waals surface area (Å²) in [6.45, 7) is 4.56. The zero-order chi connectivity index (χ0) is 15.1. The third kappa shape index (κ3) is 4.49. The van der Waals surface area contributed by atoms with Gasteiger partial charge in [0, 0.05) is 31.4 Å². The number of rotatable bonds is 8. The zero-order valence-electron chi connectivity index (χ0n) is 12.9. The fourth-order valence-corrected chi connectivity index (χ4v) is 2.08. The summed E-state index contributed by atoms with van der Waals surface area (Å²) in [5.41, 5.74) is 2.02. The van der Waals surface area contributed by atoms with Crippen LogP contribution in [0.5, 0.6) is 5.75 Å². The van der Waals surface area contributed by atoms with Crippen LogP contribution in [0.3, 0.4) is 0 Å². The van der Waals surface area contributed by atoms with Crippen LogP contribution in [0.15, 0.2) is 34.9 Å². The number of ether oxygens (including phenoxy) is 1. The van der Waals surface area contributed by atoms with Gasteiger partial charge < -0.3 is 19.5 Å². The van der Waals surface area contributed by atoms with Crippen molar-refractivity contribution in [2.75, 3.05) is 25.6 Å². The van der Waals surface area contributed by atoms with Crippen molar-refractivity contribution < 1.29 is 9.26 Å². The first kappa shape index (κ1) is 15.4. The minimum absolute atomic E-state index is 0.675. The molecule has 0 saturated carbocycles. The fourth-order valence-electron chi connectivity index (χ4n) is 2.08. The van der Waals surface area contributed by atoms with E-state index in [4.69, 9.17) is 9.26 Å². The minimum Gasteiger partial charge on any atom is -0.497 e. The van der Waals surface area contributed by atoms with Crippen LogP contribution in [0.25, 0.3) is 0 Å². The van der Waals surface area contributed by atoms with Crippen LogP contribution in [-0.4, -0.2) is 25.9 Å². The summed E-state index contributed by atoms with van der Waals surface area (Å²) in [7, 11) is 3.69. The fraction of sp³-hybridized carbons (Fsp3) is 0.438. The second-order valence-corrected chi connectivity index (χ2v) is 5.02. The Morgan fingerprint density at radius 2 is 2.19 bits per heavy atom. The molecule has 1 heterocycles. The standard InChI is InChI=1S/C16H23N3O2/c1-4-8-17-11-13-9-16(21-18-13)12-19(2)14-6-5-7-15(10-14)20-3/h5-7,9-10,17H,4,8,11-12H2,1-3H3. The Labute approximate surface area is 125 Å². The smallest absolute Gasteiger partial charge is 0.156 e. The van der Waals surface area contributed by atoms with E-state index in [-0.39, 0.29) is 0 Å². The SMILES string of the molecule is CCCNCc1cc(CN(C)c2cccc(OC)c2)on1. The van der Waals surface area contributed by atoms with Crippen molar-refractivity contribution in [2.24, 2.45) is 0 Å². The van der Waals surface area contributed by atoms with Gasteiger partial charge in [0.25, 0.3) is 0 Å². The second kappa shape index (κ2) is 7.69. The number of nitrogens with one attached hydrogen (secondary N) is 1. The molecule has 0 unspecified atom stereocenters. The first-order valence-electron chi connectivity index (χ1n) is 7.23. The molecule has 1 N–H and O–H groups in total. The van der Waals surface area contributed by atoms with Crippen LogP contribution in [-0.2, 0) is 13.1 Å². The summed E-state index contributed by atoms with van der Waals surface area (Å²) >= 11 is 0. The molecule has 0 spiro atoms. The van der Waals surface area contributed by atoms with Crippen molar-refractivity contribution in [1.82, 2.24) is 10.5 Å². The predicted octanol–water partition coefficient (Wildman–Crippen LogP) is 2.82. The van der Waals surface area contributed by atoms with Crippen molar-refractivity contribution in [3.63, 3.8) is 0 Å². The zero-order valence-corrected chi connectivity index (χ0v) is 12.9. The van der Waals surface area contributed by atoms with E-state index in [1.54, 1.807) is 7.11 Å². The third-order valence-corrected chi connectivity index (χ3v) is 3.23. The lowest BCUT2D eigenvalue weighted by atomic mass is 10.2. The molecule has 5 heteroatoms. The van der Waals surface area contributed by atoms with Crippen LogP contribution in [0.1, 0.15) is 24.8 Å². The van der Waals surface area contributed by atoms with Crippen LogP contribution in [0.2, 0.25) is 0 Å².